The second-order valence-electron chi connectivity index (χ2n) is 4.52. The van der Waals surface area contributed by atoms with Crippen LogP contribution in [0.4, 0.5) is 11.5 Å². The van der Waals surface area contributed by atoms with Crippen molar-refractivity contribution >= 4 is 11.5 Å². The van der Waals surface area contributed by atoms with Crippen molar-refractivity contribution in [1.82, 2.24) is 14.8 Å². The summed E-state index contributed by atoms with van der Waals surface area (Å²) in [5.41, 5.74) is 2.36. The Labute approximate surface area is 116 Å². The maximum atomic E-state index is 11.1. The third kappa shape index (κ3) is 2.76. The van der Waals surface area contributed by atoms with Crippen molar-refractivity contribution in [3.63, 3.8) is 0 Å². The van der Waals surface area contributed by atoms with Gasteiger partial charge in [0.25, 0.3) is 0 Å². The second kappa shape index (κ2) is 5.68. The van der Waals surface area contributed by atoms with Gasteiger partial charge in [-0.15, -0.1) is 0 Å². The minimum atomic E-state index is -0.399. The van der Waals surface area contributed by atoms with Crippen LogP contribution in [0.25, 0.3) is 0 Å². The molecule has 0 aliphatic carbocycles. The lowest BCUT2D eigenvalue weighted by Gasteiger charge is -2.07. The first-order valence-electron chi connectivity index (χ1n) is 6.40. The Morgan fingerprint density at radius 3 is 2.70 bits per heavy atom. The van der Waals surface area contributed by atoms with E-state index in [9.17, 15) is 10.1 Å². The summed E-state index contributed by atoms with van der Waals surface area (Å²) < 4.78 is 1.61. The number of hydrogen-bond donors (Lipinski definition) is 1. The average Bonchev–Trinajstić information content (AvgIpc) is 2.74. The van der Waals surface area contributed by atoms with E-state index in [1.807, 2.05) is 26.0 Å². The number of aryl methyl sites for hydroxylation is 3. The number of nitro groups is 1. The number of rotatable bonds is 5. The van der Waals surface area contributed by atoms with E-state index >= 15 is 0 Å². The molecule has 0 aliphatic heterocycles. The molecule has 0 aromatic carbocycles. The largest absolute Gasteiger partial charge is 0.360 e. The molecule has 20 heavy (non-hydrogen) atoms. The van der Waals surface area contributed by atoms with Crippen LogP contribution in [0, 0.1) is 24.0 Å². The number of anilines is 1. The zero-order chi connectivity index (χ0) is 14.7. The molecule has 0 saturated carbocycles. The minimum absolute atomic E-state index is 0.0342. The normalized spacial score (nSPS) is 10.6. The maximum Gasteiger partial charge on any atom is 0.333 e. The van der Waals surface area contributed by atoms with Crippen LogP contribution in [-0.2, 0) is 13.1 Å². The van der Waals surface area contributed by atoms with Crippen LogP contribution in [0.3, 0.4) is 0 Å². The molecule has 1 N–H and O–H groups in total. The zero-order valence-electron chi connectivity index (χ0n) is 11.8. The third-order valence-corrected chi connectivity index (χ3v) is 3.01. The zero-order valence-corrected chi connectivity index (χ0v) is 11.8. The molecule has 2 aromatic heterocycles. The SMILES string of the molecule is CCn1nc(C)c([N+](=O)[O-])c1NCc1ccc(C)nc1. The Bertz CT molecular complexity index is 618. The highest BCUT2D eigenvalue weighted by Gasteiger charge is 2.24. The summed E-state index contributed by atoms with van der Waals surface area (Å²) in [5, 5.41) is 18.4. The molecule has 0 bridgehead atoms. The van der Waals surface area contributed by atoms with Gasteiger partial charge in [-0.25, -0.2) is 4.68 Å². The van der Waals surface area contributed by atoms with Gasteiger partial charge in [0.15, 0.2) is 0 Å². The number of hydrogen-bond acceptors (Lipinski definition) is 5. The maximum absolute atomic E-state index is 11.1. The highest BCUT2D eigenvalue weighted by molar-refractivity contribution is 5.59. The van der Waals surface area contributed by atoms with Crippen LogP contribution in [0.2, 0.25) is 0 Å². The fourth-order valence-corrected chi connectivity index (χ4v) is 1.98. The second-order valence-corrected chi connectivity index (χ2v) is 4.52. The number of nitrogens with one attached hydrogen (secondary N) is 1. The average molecular weight is 275 g/mol. The summed E-state index contributed by atoms with van der Waals surface area (Å²) in [5.74, 6) is 0.440. The molecule has 2 aromatic rings. The minimum Gasteiger partial charge on any atom is -0.360 e. The van der Waals surface area contributed by atoms with Gasteiger partial charge >= 0.3 is 5.69 Å². The Hall–Kier alpha value is -2.44. The van der Waals surface area contributed by atoms with Crippen molar-refractivity contribution in [2.75, 3.05) is 5.32 Å². The van der Waals surface area contributed by atoms with Crippen LogP contribution < -0.4 is 5.32 Å². The molecule has 2 heterocycles. The molecule has 0 atom stereocenters. The molecule has 0 radical (unpaired) electrons. The number of pyridine rings is 1. The van der Waals surface area contributed by atoms with Gasteiger partial charge in [-0.3, -0.25) is 15.1 Å². The summed E-state index contributed by atoms with van der Waals surface area (Å²) in [6.45, 7) is 6.50. The van der Waals surface area contributed by atoms with Crippen LogP contribution >= 0.6 is 0 Å². The highest BCUT2D eigenvalue weighted by Crippen LogP contribution is 2.28. The standard InChI is InChI=1S/C13H17N5O2/c1-4-17-13(12(18(19)20)10(3)16-17)15-8-11-6-5-9(2)14-7-11/h5-7,15H,4,8H2,1-3H3. The van der Waals surface area contributed by atoms with Crippen molar-refractivity contribution < 1.29 is 4.92 Å². The highest BCUT2D eigenvalue weighted by atomic mass is 16.6. The topological polar surface area (TPSA) is 85.9 Å². The Morgan fingerprint density at radius 1 is 1.40 bits per heavy atom. The Balaban J connectivity index is 2.24. The predicted octanol–water partition coefficient (Wildman–Crippen LogP) is 2.44. The summed E-state index contributed by atoms with van der Waals surface area (Å²) in [7, 11) is 0. The van der Waals surface area contributed by atoms with Crippen LogP contribution in [0.1, 0.15) is 23.9 Å². The lowest BCUT2D eigenvalue weighted by molar-refractivity contribution is -0.384. The lowest BCUT2D eigenvalue weighted by atomic mass is 10.2. The van der Waals surface area contributed by atoms with Crippen LogP contribution in [0.15, 0.2) is 18.3 Å². The van der Waals surface area contributed by atoms with Gasteiger partial charge in [0, 0.05) is 25.0 Å². The van der Waals surface area contributed by atoms with Gasteiger partial charge in [-0.1, -0.05) is 6.07 Å². The molecule has 7 heteroatoms. The van der Waals surface area contributed by atoms with E-state index in [-0.39, 0.29) is 5.69 Å². The molecule has 2 rings (SSSR count). The molecule has 0 unspecified atom stereocenters. The molecular formula is C13H17N5O2. The molecule has 0 spiro atoms. The number of nitrogens with zero attached hydrogens (tertiary/aromatic N) is 4. The van der Waals surface area contributed by atoms with Crippen LogP contribution in [-0.4, -0.2) is 19.7 Å². The van der Waals surface area contributed by atoms with Gasteiger partial charge in [0.2, 0.25) is 5.82 Å². The van der Waals surface area contributed by atoms with E-state index in [2.05, 4.69) is 15.4 Å². The first-order chi connectivity index (χ1) is 9.52. The first kappa shape index (κ1) is 14.0. The van der Waals surface area contributed by atoms with Crippen molar-refractivity contribution in [1.29, 1.82) is 0 Å². The van der Waals surface area contributed by atoms with E-state index in [1.54, 1.807) is 17.8 Å². The van der Waals surface area contributed by atoms with Gasteiger partial charge in [0.1, 0.15) is 5.69 Å². The molecule has 0 fully saturated rings. The van der Waals surface area contributed by atoms with E-state index in [4.69, 9.17) is 0 Å². The molecule has 0 saturated heterocycles. The first-order valence-corrected chi connectivity index (χ1v) is 6.40. The van der Waals surface area contributed by atoms with Crippen molar-refractivity contribution in [3.05, 3.63) is 45.4 Å². The molecule has 7 nitrogen and oxygen atoms in total. The summed E-state index contributed by atoms with van der Waals surface area (Å²) in [6.07, 6.45) is 1.76. The number of aromatic nitrogens is 3. The molecule has 0 amide bonds. The fourth-order valence-electron chi connectivity index (χ4n) is 1.98. The predicted molar refractivity (Wildman–Crippen MR) is 75.6 cm³/mol. The lowest BCUT2D eigenvalue weighted by Crippen LogP contribution is -2.08. The smallest absolute Gasteiger partial charge is 0.333 e. The molecule has 106 valence electrons. The summed E-state index contributed by atoms with van der Waals surface area (Å²) in [6, 6.07) is 3.86. The van der Waals surface area contributed by atoms with Gasteiger partial charge < -0.3 is 5.32 Å². The monoisotopic (exact) mass is 275 g/mol. The summed E-state index contributed by atoms with van der Waals surface area (Å²) >= 11 is 0. The molecular weight excluding hydrogens is 258 g/mol. The van der Waals surface area contributed by atoms with Gasteiger partial charge in [-0.05, 0) is 32.4 Å². The Morgan fingerprint density at radius 2 is 2.15 bits per heavy atom. The van der Waals surface area contributed by atoms with Crippen LogP contribution in [0.5, 0.6) is 0 Å². The van der Waals surface area contributed by atoms with E-state index in [0.29, 0.717) is 24.6 Å². The third-order valence-electron chi connectivity index (χ3n) is 3.01. The van der Waals surface area contributed by atoms with Crippen molar-refractivity contribution in [3.8, 4) is 0 Å². The van der Waals surface area contributed by atoms with E-state index in [0.717, 1.165) is 11.3 Å². The Kier molecular flexibility index (Phi) is 3.97. The van der Waals surface area contributed by atoms with E-state index in [1.165, 1.54) is 0 Å². The quantitative estimate of drug-likeness (QED) is 0.669. The fraction of sp³-hybridized carbons (Fsp3) is 0.385. The van der Waals surface area contributed by atoms with Gasteiger partial charge in [-0.2, -0.15) is 5.10 Å². The molecule has 0 aliphatic rings. The summed E-state index contributed by atoms with van der Waals surface area (Å²) in [4.78, 5) is 14.9. The van der Waals surface area contributed by atoms with E-state index < -0.39 is 4.92 Å². The van der Waals surface area contributed by atoms with Crippen molar-refractivity contribution in [2.45, 2.75) is 33.9 Å². The van der Waals surface area contributed by atoms with Crippen molar-refractivity contribution in [2.24, 2.45) is 0 Å². The van der Waals surface area contributed by atoms with Gasteiger partial charge in [0.05, 0.1) is 4.92 Å².